The molecule has 0 spiro atoms. The average Bonchev–Trinajstić information content (AvgIpc) is 2.35. The number of hydrogen-bond donors (Lipinski definition) is 0. The number of rotatable bonds is 3. The maximum absolute atomic E-state index is 11.9. The van der Waals surface area contributed by atoms with Gasteiger partial charge in [0.25, 0.3) is 0 Å². The van der Waals surface area contributed by atoms with E-state index in [9.17, 15) is 18.0 Å². The van der Waals surface area contributed by atoms with Crippen LogP contribution in [-0.2, 0) is 14.6 Å². The highest BCUT2D eigenvalue weighted by molar-refractivity contribution is 7.92. The van der Waals surface area contributed by atoms with Crippen molar-refractivity contribution < 1.29 is 18.0 Å². The molecule has 1 heterocycles. The van der Waals surface area contributed by atoms with E-state index in [-0.39, 0.29) is 36.6 Å². The van der Waals surface area contributed by atoms with Gasteiger partial charge in [-0.3, -0.25) is 9.59 Å². The molecule has 0 radical (unpaired) electrons. The number of benzene rings is 1. The number of Topliss-reactive ketones (excluding diaryl/α,β-unsaturated/α-hetero) is 2. The van der Waals surface area contributed by atoms with E-state index in [2.05, 4.69) is 0 Å². The Morgan fingerprint density at radius 3 is 2.56 bits per heavy atom. The molecule has 5 heteroatoms. The predicted octanol–water partition coefficient (Wildman–Crippen LogP) is 1.41. The molecule has 0 aromatic heterocycles. The minimum absolute atomic E-state index is 0.0269. The molecule has 1 aromatic rings. The number of carbonyl (C=O) groups is 2. The van der Waals surface area contributed by atoms with Gasteiger partial charge in [0.1, 0.15) is 5.78 Å². The molecule has 1 unspecified atom stereocenters. The zero-order chi connectivity index (χ0) is 13.2. The Labute approximate surface area is 106 Å². The minimum Gasteiger partial charge on any atom is -0.300 e. The standard InChI is InChI=1S/C13H14O4S/c14-11-6-7-18(16,17)12(8-11)9-13(15)10-4-2-1-3-5-10/h1-5,12H,6-9H2. The molecule has 1 saturated heterocycles. The molecule has 0 saturated carbocycles. The van der Waals surface area contributed by atoms with Gasteiger partial charge in [0.05, 0.1) is 11.0 Å². The first kappa shape index (κ1) is 13.0. The molecule has 1 atom stereocenters. The lowest BCUT2D eigenvalue weighted by Gasteiger charge is -2.20. The Kier molecular flexibility index (Phi) is 3.61. The summed E-state index contributed by atoms with van der Waals surface area (Å²) in [6.07, 6.45) is -0.0443. The number of sulfone groups is 1. The molecule has 4 nitrogen and oxygen atoms in total. The van der Waals surface area contributed by atoms with Crippen LogP contribution in [0.5, 0.6) is 0 Å². The van der Waals surface area contributed by atoms with Gasteiger partial charge in [-0.05, 0) is 0 Å². The number of hydrogen-bond acceptors (Lipinski definition) is 4. The quantitative estimate of drug-likeness (QED) is 0.776. The summed E-state index contributed by atoms with van der Waals surface area (Å²) in [5.41, 5.74) is 0.491. The van der Waals surface area contributed by atoms with Crippen LogP contribution in [-0.4, -0.2) is 31.0 Å². The SMILES string of the molecule is O=C1CCS(=O)(=O)C(CC(=O)c2ccccc2)C1. The van der Waals surface area contributed by atoms with Crippen LogP contribution >= 0.6 is 0 Å². The maximum atomic E-state index is 11.9. The van der Waals surface area contributed by atoms with Gasteiger partial charge in [-0.25, -0.2) is 8.42 Å². The Morgan fingerprint density at radius 1 is 1.22 bits per heavy atom. The largest absolute Gasteiger partial charge is 0.300 e. The highest BCUT2D eigenvalue weighted by Crippen LogP contribution is 2.21. The summed E-state index contributed by atoms with van der Waals surface area (Å²) in [5.74, 6) is -0.423. The smallest absolute Gasteiger partial charge is 0.164 e. The molecule has 0 aliphatic carbocycles. The van der Waals surface area contributed by atoms with Gasteiger partial charge in [0.15, 0.2) is 15.6 Å². The molecule has 0 N–H and O–H groups in total. The molecule has 1 fully saturated rings. The van der Waals surface area contributed by atoms with Gasteiger partial charge in [0, 0.05) is 24.8 Å². The third-order valence-corrected chi connectivity index (χ3v) is 5.26. The van der Waals surface area contributed by atoms with Crippen molar-refractivity contribution in [1.29, 1.82) is 0 Å². The predicted molar refractivity (Wildman–Crippen MR) is 67.2 cm³/mol. The van der Waals surface area contributed by atoms with Gasteiger partial charge < -0.3 is 0 Å². The molecule has 0 amide bonds. The van der Waals surface area contributed by atoms with Crippen molar-refractivity contribution >= 4 is 21.4 Å². The highest BCUT2D eigenvalue weighted by Gasteiger charge is 2.34. The molecular formula is C13H14O4S. The van der Waals surface area contributed by atoms with Crippen molar-refractivity contribution in [3.63, 3.8) is 0 Å². The summed E-state index contributed by atoms with van der Waals surface area (Å²) in [6.45, 7) is 0. The van der Waals surface area contributed by atoms with Crippen molar-refractivity contribution in [2.75, 3.05) is 5.75 Å². The second-order valence-electron chi connectivity index (χ2n) is 4.48. The lowest BCUT2D eigenvalue weighted by molar-refractivity contribution is -0.118. The van der Waals surface area contributed by atoms with E-state index in [1.165, 1.54) is 0 Å². The van der Waals surface area contributed by atoms with Gasteiger partial charge in [0.2, 0.25) is 0 Å². The third-order valence-electron chi connectivity index (χ3n) is 3.14. The lowest BCUT2D eigenvalue weighted by atomic mass is 10.0. The first-order valence-corrected chi connectivity index (χ1v) is 7.52. The van der Waals surface area contributed by atoms with Gasteiger partial charge in [-0.2, -0.15) is 0 Å². The van der Waals surface area contributed by atoms with Crippen LogP contribution in [0.3, 0.4) is 0 Å². The van der Waals surface area contributed by atoms with Crippen molar-refractivity contribution in [2.45, 2.75) is 24.5 Å². The van der Waals surface area contributed by atoms with Crippen LogP contribution in [0.4, 0.5) is 0 Å². The van der Waals surface area contributed by atoms with E-state index >= 15 is 0 Å². The van der Waals surface area contributed by atoms with E-state index in [1.807, 2.05) is 0 Å². The summed E-state index contributed by atoms with van der Waals surface area (Å²) in [6, 6.07) is 8.55. The van der Waals surface area contributed by atoms with Crippen LogP contribution in [0.25, 0.3) is 0 Å². The monoisotopic (exact) mass is 266 g/mol. The molecule has 96 valence electrons. The van der Waals surface area contributed by atoms with Gasteiger partial charge in [-0.15, -0.1) is 0 Å². The molecule has 1 aromatic carbocycles. The third kappa shape index (κ3) is 2.85. The molecule has 1 aliphatic heterocycles. The summed E-state index contributed by atoms with van der Waals surface area (Å²) >= 11 is 0. The minimum atomic E-state index is -3.30. The Balaban J connectivity index is 2.13. The topological polar surface area (TPSA) is 68.3 Å². The molecule has 2 rings (SSSR count). The van der Waals surface area contributed by atoms with Crippen LogP contribution < -0.4 is 0 Å². The first-order chi connectivity index (χ1) is 8.49. The highest BCUT2D eigenvalue weighted by atomic mass is 32.2. The number of ketones is 2. The fourth-order valence-electron chi connectivity index (χ4n) is 2.05. The molecule has 0 bridgehead atoms. The van der Waals surface area contributed by atoms with E-state index in [0.29, 0.717) is 5.56 Å². The first-order valence-electron chi connectivity index (χ1n) is 5.80. The van der Waals surface area contributed by atoms with Crippen LogP contribution in [0, 0.1) is 0 Å². The molecular weight excluding hydrogens is 252 g/mol. The summed E-state index contributed by atoms with van der Waals surface area (Å²) in [5, 5.41) is -0.841. The zero-order valence-corrected chi connectivity index (χ0v) is 10.7. The Bertz CT molecular complexity index is 560. The second-order valence-corrected chi connectivity index (χ2v) is 6.88. The van der Waals surface area contributed by atoms with Crippen LogP contribution in [0.2, 0.25) is 0 Å². The van der Waals surface area contributed by atoms with E-state index in [4.69, 9.17) is 0 Å². The normalized spacial score (nSPS) is 22.7. The van der Waals surface area contributed by atoms with Gasteiger partial charge >= 0.3 is 0 Å². The zero-order valence-electron chi connectivity index (χ0n) is 9.83. The average molecular weight is 266 g/mol. The van der Waals surface area contributed by atoms with E-state index in [1.54, 1.807) is 30.3 Å². The fraction of sp³-hybridized carbons (Fsp3) is 0.385. The van der Waals surface area contributed by atoms with Crippen molar-refractivity contribution in [3.05, 3.63) is 35.9 Å². The van der Waals surface area contributed by atoms with Crippen LogP contribution in [0.1, 0.15) is 29.6 Å². The Morgan fingerprint density at radius 2 is 1.89 bits per heavy atom. The number of carbonyl (C=O) groups excluding carboxylic acids is 2. The molecule has 1 aliphatic rings. The van der Waals surface area contributed by atoms with Crippen molar-refractivity contribution in [2.24, 2.45) is 0 Å². The summed E-state index contributed by atoms with van der Waals surface area (Å²) < 4.78 is 23.6. The second kappa shape index (κ2) is 5.02. The van der Waals surface area contributed by atoms with E-state index < -0.39 is 15.1 Å². The maximum Gasteiger partial charge on any atom is 0.164 e. The van der Waals surface area contributed by atoms with Gasteiger partial charge in [-0.1, -0.05) is 30.3 Å². The summed E-state index contributed by atoms with van der Waals surface area (Å²) in [7, 11) is -3.30. The van der Waals surface area contributed by atoms with Crippen molar-refractivity contribution in [3.8, 4) is 0 Å². The molecule has 18 heavy (non-hydrogen) atoms. The Hall–Kier alpha value is -1.49. The van der Waals surface area contributed by atoms with Crippen LogP contribution in [0.15, 0.2) is 30.3 Å². The lowest BCUT2D eigenvalue weighted by Crippen LogP contribution is -2.34. The fourth-order valence-corrected chi connectivity index (χ4v) is 3.74. The van der Waals surface area contributed by atoms with E-state index in [0.717, 1.165) is 0 Å². The summed E-state index contributed by atoms with van der Waals surface area (Å²) in [4.78, 5) is 23.2. The van der Waals surface area contributed by atoms with Crippen molar-refractivity contribution in [1.82, 2.24) is 0 Å².